The Morgan fingerprint density at radius 2 is 1.82 bits per heavy atom. The zero-order valence-electron chi connectivity index (χ0n) is 22.1. The summed E-state index contributed by atoms with van der Waals surface area (Å²) in [6.07, 6.45) is 0.722. The summed E-state index contributed by atoms with van der Waals surface area (Å²) in [7, 11) is 3.10. The molecule has 2 amide bonds. The number of fused-ring (bicyclic) bond motifs is 1. The first kappa shape index (κ1) is 27.2. The van der Waals surface area contributed by atoms with Gasteiger partial charge in [-0.1, -0.05) is 36.8 Å². The number of amides is 2. The van der Waals surface area contributed by atoms with E-state index in [1.54, 1.807) is 49.5 Å². The quantitative estimate of drug-likeness (QED) is 0.258. The molecule has 9 heteroatoms. The van der Waals surface area contributed by atoms with Crippen LogP contribution in [0, 0.1) is 6.92 Å². The summed E-state index contributed by atoms with van der Waals surface area (Å²) < 4.78 is 13.1. The van der Waals surface area contributed by atoms with Gasteiger partial charge in [-0.05, 0) is 60.5 Å². The van der Waals surface area contributed by atoms with Gasteiger partial charge < -0.3 is 19.7 Å². The third-order valence-electron chi connectivity index (χ3n) is 6.36. The monoisotopic (exact) mass is 578 g/mol. The molecule has 0 aliphatic heterocycles. The molecule has 0 aliphatic carbocycles. The van der Waals surface area contributed by atoms with Crippen LogP contribution in [0.4, 0.5) is 10.5 Å². The number of hydrogen-bond donors (Lipinski definition) is 1. The molecule has 1 heterocycles. The van der Waals surface area contributed by atoms with Crippen molar-refractivity contribution in [3.05, 3.63) is 86.9 Å². The average molecular weight is 579 g/mol. The number of carbonyl (C=O) groups is 1. The van der Waals surface area contributed by atoms with Gasteiger partial charge in [0, 0.05) is 24.4 Å². The fourth-order valence-corrected chi connectivity index (χ4v) is 4.90. The topological polar surface area (TPSA) is 85.7 Å². The van der Waals surface area contributed by atoms with Gasteiger partial charge in [-0.2, -0.15) is 0 Å². The highest BCUT2D eigenvalue weighted by molar-refractivity contribution is 9.10. The first-order chi connectivity index (χ1) is 18.3. The van der Waals surface area contributed by atoms with Crippen LogP contribution in [0.15, 0.2) is 69.9 Å². The molecule has 0 spiro atoms. The Morgan fingerprint density at radius 1 is 1.11 bits per heavy atom. The number of anilines is 1. The van der Waals surface area contributed by atoms with E-state index in [2.05, 4.69) is 21.2 Å². The second kappa shape index (κ2) is 11.7. The average Bonchev–Trinajstić information content (AvgIpc) is 2.93. The normalized spacial score (nSPS) is 11.7. The van der Waals surface area contributed by atoms with Crippen LogP contribution in [0.3, 0.4) is 0 Å². The molecule has 0 bridgehead atoms. The van der Waals surface area contributed by atoms with Gasteiger partial charge in [0.15, 0.2) is 0 Å². The lowest BCUT2D eigenvalue weighted by atomic mass is 10.1. The fourth-order valence-electron chi connectivity index (χ4n) is 4.33. The lowest BCUT2D eigenvalue weighted by molar-refractivity contribution is 0.189. The molecule has 0 radical (unpaired) electrons. The Bertz CT molecular complexity index is 1520. The van der Waals surface area contributed by atoms with E-state index in [-0.39, 0.29) is 11.6 Å². The molecule has 4 rings (SSSR count). The Balaban J connectivity index is 1.90. The minimum Gasteiger partial charge on any atom is -0.497 e. The zero-order chi connectivity index (χ0) is 27.4. The highest BCUT2D eigenvalue weighted by Crippen LogP contribution is 2.37. The number of methoxy groups -OCH3 is 2. The molecule has 1 unspecified atom stereocenters. The number of ether oxygens (including phenoxy) is 2. The predicted octanol–water partition coefficient (Wildman–Crippen LogP) is 6.48. The van der Waals surface area contributed by atoms with E-state index in [4.69, 9.17) is 14.5 Å². The third-order valence-corrected chi connectivity index (χ3v) is 7.16. The van der Waals surface area contributed by atoms with Crippen molar-refractivity contribution in [1.29, 1.82) is 0 Å². The minimum absolute atomic E-state index is 0.260. The molecule has 38 heavy (non-hydrogen) atoms. The molecule has 0 fully saturated rings. The van der Waals surface area contributed by atoms with Crippen LogP contribution in [0.5, 0.6) is 11.5 Å². The molecule has 3 aromatic carbocycles. The maximum absolute atomic E-state index is 14.0. The number of para-hydroxylation sites is 1. The Morgan fingerprint density at radius 3 is 2.47 bits per heavy atom. The number of hydrogen-bond acceptors (Lipinski definition) is 5. The molecule has 198 valence electrons. The Labute approximate surface area is 230 Å². The van der Waals surface area contributed by atoms with Gasteiger partial charge in [0.1, 0.15) is 17.3 Å². The maximum atomic E-state index is 14.0. The largest absolute Gasteiger partial charge is 0.497 e. The minimum atomic E-state index is -0.554. The highest BCUT2D eigenvalue weighted by Gasteiger charge is 2.28. The summed E-state index contributed by atoms with van der Waals surface area (Å²) in [4.78, 5) is 34.1. The van der Waals surface area contributed by atoms with Crippen LogP contribution in [0.2, 0.25) is 0 Å². The molecule has 0 aliphatic rings. The van der Waals surface area contributed by atoms with Crippen molar-refractivity contribution in [2.75, 3.05) is 26.1 Å². The molecule has 4 aromatic rings. The second-order valence-corrected chi connectivity index (χ2v) is 9.75. The predicted molar refractivity (Wildman–Crippen MR) is 154 cm³/mol. The van der Waals surface area contributed by atoms with E-state index < -0.39 is 6.04 Å². The SMILES string of the molecule is CCCN(C(=O)Nc1ccc(C)cc1)C(C)c1nc2ccccc2c(=O)n1-c1cc(OC)cc(OC)c1Br. The standard InChI is InChI=1S/C29H31BrN4O4/c1-6-15-33(29(36)31-20-13-11-18(2)12-14-20)19(3)27-32-23-10-8-7-9-22(23)28(35)34(27)24-16-21(37-4)17-25(38-5)26(24)30/h7-14,16-17,19H,6,15H2,1-5H3,(H,31,36). The molecular formula is C29H31BrN4O4. The van der Waals surface area contributed by atoms with Crippen molar-refractivity contribution in [2.45, 2.75) is 33.2 Å². The van der Waals surface area contributed by atoms with Gasteiger partial charge in [0.05, 0.1) is 41.3 Å². The van der Waals surface area contributed by atoms with E-state index in [0.29, 0.717) is 50.6 Å². The van der Waals surface area contributed by atoms with E-state index in [9.17, 15) is 9.59 Å². The van der Waals surface area contributed by atoms with Crippen LogP contribution in [-0.4, -0.2) is 41.2 Å². The number of rotatable bonds is 8. The first-order valence-electron chi connectivity index (χ1n) is 12.4. The van der Waals surface area contributed by atoms with E-state index in [1.165, 1.54) is 4.57 Å². The molecule has 1 aromatic heterocycles. The van der Waals surface area contributed by atoms with E-state index in [1.807, 2.05) is 51.1 Å². The number of aryl methyl sites for hydroxylation is 1. The van der Waals surface area contributed by atoms with Crippen molar-refractivity contribution < 1.29 is 14.3 Å². The lowest BCUT2D eigenvalue weighted by Crippen LogP contribution is -2.40. The van der Waals surface area contributed by atoms with Gasteiger partial charge in [-0.15, -0.1) is 0 Å². The molecule has 8 nitrogen and oxygen atoms in total. The van der Waals surface area contributed by atoms with Crippen molar-refractivity contribution in [2.24, 2.45) is 0 Å². The number of aromatic nitrogens is 2. The molecule has 1 atom stereocenters. The van der Waals surface area contributed by atoms with Crippen molar-refractivity contribution in [3.63, 3.8) is 0 Å². The summed E-state index contributed by atoms with van der Waals surface area (Å²) in [5.41, 5.74) is 2.59. The fraction of sp³-hybridized carbons (Fsp3) is 0.276. The van der Waals surface area contributed by atoms with Gasteiger partial charge in [-0.25, -0.2) is 9.78 Å². The smallest absolute Gasteiger partial charge is 0.322 e. The van der Waals surface area contributed by atoms with Crippen LogP contribution in [0.1, 0.15) is 37.7 Å². The van der Waals surface area contributed by atoms with Crippen molar-refractivity contribution in [3.8, 4) is 17.2 Å². The van der Waals surface area contributed by atoms with Gasteiger partial charge in [0.25, 0.3) is 5.56 Å². The summed E-state index contributed by atoms with van der Waals surface area (Å²) in [5, 5.41) is 3.45. The lowest BCUT2D eigenvalue weighted by Gasteiger charge is -2.30. The number of carbonyl (C=O) groups excluding carboxylic acids is 1. The van der Waals surface area contributed by atoms with Gasteiger partial charge >= 0.3 is 6.03 Å². The van der Waals surface area contributed by atoms with Gasteiger partial charge in [-0.3, -0.25) is 9.36 Å². The van der Waals surface area contributed by atoms with Gasteiger partial charge in [0.2, 0.25) is 0 Å². The van der Waals surface area contributed by atoms with Crippen LogP contribution in [-0.2, 0) is 0 Å². The summed E-state index contributed by atoms with van der Waals surface area (Å²) >= 11 is 3.61. The second-order valence-electron chi connectivity index (χ2n) is 8.96. The molecule has 0 saturated heterocycles. The molecule has 1 N–H and O–H groups in total. The van der Waals surface area contributed by atoms with E-state index in [0.717, 1.165) is 12.0 Å². The maximum Gasteiger partial charge on any atom is 0.322 e. The highest BCUT2D eigenvalue weighted by atomic mass is 79.9. The van der Waals surface area contributed by atoms with Crippen LogP contribution >= 0.6 is 15.9 Å². The summed E-state index contributed by atoms with van der Waals surface area (Å²) in [6.45, 7) is 6.34. The number of nitrogens with one attached hydrogen (secondary N) is 1. The van der Waals surface area contributed by atoms with Crippen LogP contribution in [0.25, 0.3) is 16.6 Å². The van der Waals surface area contributed by atoms with Crippen molar-refractivity contribution >= 4 is 38.6 Å². The first-order valence-corrected chi connectivity index (χ1v) is 13.2. The third kappa shape index (κ3) is 5.38. The Hall–Kier alpha value is -3.85. The number of nitrogens with zero attached hydrogens (tertiary/aromatic N) is 3. The van der Waals surface area contributed by atoms with Crippen LogP contribution < -0.4 is 20.3 Å². The zero-order valence-corrected chi connectivity index (χ0v) is 23.7. The number of urea groups is 1. The summed E-state index contributed by atoms with van der Waals surface area (Å²) in [5.74, 6) is 1.43. The Kier molecular flexibility index (Phi) is 8.36. The number of halogens is 1. The molecule has 0 saturated carbocycles. The molecular weight excluding hydrogens is 548 g/mol. The number of benzene rings is 3. The summed E-state index contributed by atoms with van der Waals surface area (Å²) in [6, 6.07) is 17.5. The van der Waals surface area contributed by atoms with E-state index >= 15 is 0 Å². The van der Waals surface area contributed by atoms with Crippen molar-refractivity contribution in [1.82, 2.24) is 14.5 Å².